The molecule has 15 heavy (non-hydrogen) atoms. The predicted octanol–water partition coefficient (Wildman–Crippen LogP) is 0.594. The van der Waals surface area contributed by atoms with Gasteiger partial charge in [0.25, 0.3) is 0 Å². The molecule has 0 bridgehead atoms. The Morgan fingerprint density at radius 2 is 2.20 bits per heavy atom. The van der Waals surface area contributed by atoms with E-state index < -0.39 is 11.6 Å². The van der Waals surface area contributed by atoms with Crippen molar-refractivity contribution >= 4 is 17.7 Å². The maximum absolute atomic E-state index is 11.2. The van der Waals surface area contributed by atoms with Gasteiger partial charge in [-0.3, -0.25) is 4.90 Å². The summed E-state index contributed by atoms with van der Waals surface area (Å²) in [7, 11) is 3.17. The van der Waals surface area contributed by atoms with Gasteiger partial charge < -0.3 is 9.84 Å². The quantitative estimate of drug-likeness (QED) is 0.683. The summed E-state index contributed by atoms with van der Waals surface area (Å²) >= 11 is 1.74. The Morgan fingerprint density at radius 1 is 1.67 bits per heavy atom. The Kier molecular flexibility index (Phi) is 6.24. The van der Waals surface area contributed by atoms with Crippen LogP contribution in [0.1, 0.15) is 13.8 Å². The zero-order chi connectivity index (χ0) is 12.1. The number of likely N-dealkylation sites (N-methyl/N-ethyl adjacent to an activating group) is 1. The Labute approximate surface area is 96.0 Å². The molecule has 4 nitrogen and oxygen atoms in total. The second kappa shape index (κ2) is 6.35. The number of thioether (sulfide) groups is 1. The lowest BCUT2D eigenvalue weighted by atomic mass is 10.1. The van der Waals surface area contributed by atoms with Crippen LogP contribution in [0.5, 0.6) is 0 Å². The van der Waals surface area contributed by atoms with Gasteiger partial charge in [-0.15, -0.1) is 0 Å². The number of hydrogen-bond acceptors (Lipinski definition) is 5. The van der Waals surface area contributed by atoms with Crippen molar-refractivity contribution in [2.45, 2.75) is 25.5 Å². The van der Waals surface area contributed by atoms with E-state index in [1.807, 2.05) is 18.2 Å². The van der Waals surface area contributed by atoms with Crippen molar-refractivity contribution in [3.63, 3.8) is 0 Å². The third kappa shape index (κ3) is 4.86. The minimum atomic E-state index is -1.43. The van der Waals surface area contributed by atoms with E-state index in [9.17, 15) is 9.90 Å². The van der Waals surface area contributed by atoms with Crippen LogP contribution in [0, 0.1) is 0 Å². The highest BCUT2D eigenvalue weighted by Crippen LogP contribution is 2.11. The van der Waals surface area contributed by atoms with Crippen molar-refractivity contribution in [3.8, 4) is 0 Å². The van der Waals surface area contributed by atoms with Crippen LogP contribution in [-0.2, 0) is 9.53 Å². The molecular formula is C10H21NO3S. The van der Waals surface area contributed by atoms with Crippen molar-refractivity contribution in [2.75, 3.05) is 32.7 Å². The van der Waals surface area contributed by atoms with Gasteiger partial charge in [-0.2, -0.15) is 11.8 Å². The van der Waals surface area contributed by atoms with Gasteiger partial charge in [0.1, 0.15) is 0 Å². The SMILES string of the molecule is COC(=O)C(C)(O)CN(C)C(C)CSC. The number of carbonyl (C=O) groups excluding carboxylic acids is 1. The van der Waals surface area contributed by atoms with Gasteiger partial charge in [-0.05, 0) is 27.2 Å². The average Bonchev–Trinajstić information content (AvgIpc) is 2.16. The van der Waals surface area contributed by atoms with Crippen LogP contribution in [0.4, 0.5) is 0 Å². The van der Waals surface area contributed by atoms with Crippen LogP contribution in [0.3, 0.4) is 0 Å². The van der Waals surface area contributed by atoms with Gasteiger partial charge in [-0.1, -0.05) is 0 Å². The summed E-state index contributed by atoms with van der Waals surface area (Å²) in [5, 5.41) is 9.85. The maximum Gasteiger partial charge on any atom is 0.338 e. The molecule has 0 aliphatic rings. The molecule has 0 fully saturated rings. The Bertz CT molecular complexity index is 209. The standard InChI is InChI=1S/C10H21NO3S/c1-8(6-15-5)11(3)7-10(2,13)9(12)14-4/h8,13H,6-7H2,1-5H3. The van der Waals surface area contributed by atoms with Gasteiger partial charge in [0, 0.05) is 18.3 Å². The van der Waals surface area contributed by atoms with Gasteiger partial charge in [-0.25, -0.2) is 4.79 Å². The van der Waals surface area contributed by atoms with Crippen molar-refractivity contribution in [2.24, 2.45) is 0 Å². The summed E-state index contributed by atoms with van der Waals surface area (Å²) in [6.07, 6.45) is 2.03. The number of hydrogen-bond donors (Lipinski definition) is 1. The van der Waals surface area contributed by atoms with Gasteiger partial charge >= 0.3 is 5.97 Å². The molecule has 1 N–H and O–H groups in total. The summed E-state index contributed by atoms with van der Waals surface area (Å²) < 4.78 is 4.53. The van der Waals surface area contributed by atoms with E-state index in [1.54, 1.807) is 11.8 Å². The van der Waals surface area contributed by atoms with E-state index in [0.717, 1.165) is 5.75 Å². The summed E-state index contributed by atoms with van der Waals surface area (Å²) in [5.41, 5.74) is -1.43. The molecule has 0 aromatic rings. The van der Waals surface area contributed by atoms with Crippen LogP contribution in [-0.4, -0.2) is 60.3 Å². The molecule has 0 radical (unpaired) electrons. The van der Waals surface area contributed by atoms with Crippen LogP contribution in [0.15, 0.2) is 0 Å². The molecule has 0 spiro atoms. The fourth-order valence-corrected chi connectivity index (χ4v) is 2.03. The van der Waals surface area contributed by atoms with Gasteiger partial charge in [0.15, 0.2) is 5.60 Å². The Morgan fingerprint density at radius 3 is 2.60 bits per heavy atom. The molecule has 0 rings (SSSR count). The fourth-order valence-electron chi connectivity index (χ4n) is 1.29. The van der Waals surface area contributed by atoms with Crippen molar-refractivity contribution < 1.29 is 14.6 Å². The second-order valence-corrected chi connectivity index (χ2v) is 4.90. The molecule has 90 valence electrons. The molecule has 0 saturated heterocycles. The Hall–Kier alpha value is -0.260. The number of aliphatic hydroxyl groups is 1. The third-order valence-corrected chi connectivity index (χ3v) is 3.16. The maximum atomic E-state index is 11.2. The summed E-state index contributed by atoms with van der Waals surface area (Å²) in [6.45, 7) is 3.81. The molecule has 0 heterocycles. The predicted molar refractivity (Wildman–Crippen MR) is 63.1 cm³/mol. The van der Waals surface area contributed by atoms with Gasteiger partial charge in [0.05, 0.1) is 7.11 Å². The highest BCUT2D eigenvalue weighted by atomic mass is 32.2. The van der Waals surface area contributed by atoms with Crippen LogP contribution in [0.25, 0.3) is 0 Å². The zero-order valence-corrected chi connectivity index (χ0v) is 10.9. The van der Waals surface area contributed by atoms with E-state index in [-0.39, 0.29) is 6.54 Å². The van der Waals surface area contributed by atoms with Crippen molar-refractivity contribution in [3.05, 3.63) is 0 Å². The lowest BCUT2D eigenvalue weighted by molar-refractivity contribution is -0.162. The molecule has 2 unspecified atom stereocenters. The number of nitrogens with zero attached hydrogens (tertiary/aromatic N) is 1. The number of carbonyl (C=O) groups is 1. The molecule has 0 aromatic heterocycles. The van der Waals surface area contributed by atoms with E-state index in [0.29, 0.717) is 6.04 Å². The highest BCUT2D eigenvalue weighted by Gasteiger charge is 2.33. The van der Waals surface area contributed by atoms with E-state index in [2.05, 4.69) is 11.7 Å². The minimum Gasteiger partial charge on any atom is -0.467 e. The first-order chi connectivity index (χ1) is 6.85. The minimum absolute atomic E-state index is 0.279. The van der Waals surface area contributed by atoms with E-state index in [4.69, 9.17) is 0 Å². The zero-order valence-electron chi connectivity index (χ0n) is 10.1. The largest absolute Gasteiger partial charge is 0.467 e. The lowest BCUT2D eigenvalue weighted by Gasteiger charge is -2.30. The lowest BCUT2D eigenvalue weighted by Crippen LogP contribution is -2.49. The van der Waals surface area contributed by atoms with Crippen LogP contribution >= 0.6 is 11.8 Å². The monoisotopic (exact) mass is 235 g/mol. The first-order valence-electron chi connectivity index (χ1n) is 4.85. The molecular weight excluding hydrogens is 214 g/mol. The molecule has 0 aliphatic heterocycles. The molecule has 0 amide bonds. The molecule has 0 aromatic carbocycles. The van der Waals surface area contributed by atoms with Crippen molar-refractivity contribution in [1.29, 1.82) is 0 Å². The third-order valence-electron chi connectivity index (χ3n) is 2.34. The number of rotatable bonds is 6. The van der Waals surface area contributed by atoms with E-state index >= 15 is 0 Å². The smallest absolute Gasteiger partial charge is 0.338 e. The van der Waals surface area contributed by atoms with Gasteiger partial charge in [0.2, 0.25) is 0 Å². The van der Waals surface area contributed by atoms with Crippen molar-refractivity contribution in [1.82, 2.24) is 4.90 Å². The van der Waals surface area contributed by atoms with E-state index in [1.165, 1.54) is 14.0 Å². The topological polar surface area (TPSA) is 49.8 Å². The molecule has 5 heteroatoms. The summed E-state index contributed by atoms with van der Waals surface area (Å²) in [4.78, 5) is 13.2. The first-order valence-corrected chi connectivity index (χ1v) is 6.24. The highest BCUT2D eigenvalue weighted by molar-refractivity contribution is 7.98. The fraction of sp³-hybridized carbons (Fsp3) is 0.900. The Balaban J connectivity index is 4.26. The molecule has 0 aliphatic carbocycles. The molecule has 2 atom stereocenters. The number of esters is 1. The summed E-state index contributed by atoms with van der Waals surface area (Å²) in [6, 6.07) is 0.316. The number of ether oxygens (including phenoxy) is 1. The molecule has 0 saturated carbocycles. The normalized spacial score (nSPS) is 17.3. The second-order valence-electron chi connectivity index (χ2n) is 3.98. The summed E-state index contributed by atoms with van der Waals surface area (Å²) in [5.74, 6) is 0.374. The number of methoxy groups -OCH3 is 1. The van der Waals surface area contributed by atoms with Crippen LogP contribution in [0.2, 0.25) is 0 Å². The van der Waals surface area contributed by atoms with Crippen LogP contribution < -0.4 is 0 Å². The average molecular weight is 235 g/mol. The first kappa shape index (κ1) is 14.7.